The van der Waals surface area contributed by atoms with Crippen molar-refractivity contribution < 1.29 is 4.79 Å². The van der Waals surface area contributed by atoms with Gasteiger partial charge in [-0.05, 0) is 23.8 Å². The maximum atomic E-state index is 11.2. The highest BCUT2D eigenvalue weighted by atomic mass is 35.5. The maximum absolute atomic E-state index is 11.2. The molecule has 0 fully saturated rings. The van der Waals surface area contributed by atoms with Crippen LogP contribution in [0.3, 0.4) is 0 Å². The summed E-state index contributed by atoms with van der Waals surface area (Å²) < 4.78 is 1.98. The van der Waals surface area contributed by atoms with Crippen LogP contribution in [0.5, 0.6) is 0 Å². The van der Waals surface area contributed by atoms with E-state index in [1.807, 2.05) is 53.2 Å². The number of hydrogen-bond acceptors (Lipinski definition) is 2. The molecular weight excluding hydrogens is 274 g/mol. The number of carbonyl (C=O) groups is 1. The van der Waals surface area contributed by atoms with Crippen LogP contribution in [0.4, 0.5) is 0 Å². The van der Waals surface area contributed by atoms with Crippen molar-refractivity contribution in [3.8, 4) is 5.82 Å². The molecular formula is C15H14ClN3O. The standard InChI is InChI=1S/C15H13N3O.ClH/c16-14(19)9-11-10-18(15-7-3-4-8-17-15)13-6-2-1-5-12(11)13;/h1-8,10H,9H2,(H2,16,19);1H. The molecule has 1 amide bonds. The van der Waals surface area contributed by atoms with Crippen molar-refractivity contribution in [2.75, 3.05) is 0 Å². The van der Waals surface area contributed by atoms with Crippen LogP contribution in [0.1, 0.15) is 5.56 Å². The Morgan fingerprint density at radius 1 is 1.15 bits per heavy atom. The summed E-state index contributed by atoms with van der Waals surface area (Å²) in [5, 5.41) is 1.03. The number of hydrogen-bond donors (Lipinski definition) is 1. The van der Waals surface area contributed by atoms with Crippen LogP contribution < -0.4 is 5.73 Å². The van der Waals surface area contributed by atoms with E-state index in [1.165, 1.54) is 0 Å². The fourth-order valence-corrected chi connectivity index (χ4v) is 2.26. The quantitative estimate of drug-likeness (QED) is 0.804. The normalized spacial score (nSPS) is 10.2. The van der Waals surface area contributed by atoms with Gasteiger partial charge in [0, 0.05) is 17.8 Å². The number of nitrogens with two attached hydrogens (primary N) is 1. The summed E-state index contributed by atoms with van der Waals surface area (Å²) >= 11 is 0. The van der Waals surface area contributed by atoms with Crippen LogP contribution in [0.15, 0.2) is 54.9 Å². The molecule has 0 bridgehead atoms. The minimum atomic E-state index is -0.330. The van der Waals surface area contributed by atoms with Crippen molar-refractivity contribution >= 4 is 29.2 Å². The maximum Gasteiger partial charge on any atom is 0.221 e. The van der Waals surface area contributed by atoms with Gasteiger partial charge in [-0.3, -0.25) is 4.79 Å². The minimum absolute atomic E-state index is 0. The van der Waals surface area contributed by atoms with E-state index in [9.17, 15) is 4.79 Å². The van der Waals surface area contributed by atoms with Crippen LogP contribution in [0, 0.1) is 0 Å². The fourth-order valence-electron chi connectivity index (χ4n) is 2.26. The number of carbonyl (C=O) groups excluding carboxylic acids is 1. The lowest BCUT2D eigenvalue weighted by molar-refractivity contribution is -0.117. The molecule has 102 valence electrons. The van der Waals surface area contributed by atoms with Gasteiger partial charge in [0.05, 0.1) is 11.9 Å². The smallest absolute Gasteiger partial charge is 0.221 e. The Morgan fingerprint density at radius 2 is 1.90 bits per heavy atom. The van der Waals surface area contributed by atoms with E-state index in [0.29, 0.717) is 0 Å². The summed E-state index contributed by atoms with van der Waals surface area (Å²) in [6, 6.07) is 13.7. The molecule has 2 N–H and O–H groups in total. The summed E-state index contributed by atoms with van der Waals surface area (Å²) in [4.78, 5) is 15.5. The molecule has 4 nitrogen and oxygen atoms in total. The molecule has 0 aliphatic carbocycles. The van der Waals surface area contributed by atoms with E-state index < -0.39 is 0 Å². The highest BCUT2D eigenvalue weighted by Crippen LogP contribution is 2.24. The molecule has 3 rings (SSSR count). The third-order valence-electron chi connectivity index (χ3n) is 3.06. The monoisotopic (exact) mass is 287 g/mol. The molecule has 0 aliphatic rings. The molecule has 5 heteroatoms. The third kappa shape index (κ3) is 2.51. The van der Waals surface area contributed by atoms with Crippen LogP contribution in [0.25, 0.3) is 16.7 Å². The average Bonchev–Trinajstić information content (AvgIpc) is 2.78. The Balaban J connectivity index is 0.00000147. The lowest BCUT2D eigenvalue weighted by Gasteiger charge is -2.02. The zero-order valence-corrected chi connectivity index (χ0v) is 11.5. The Morgan fingerprint density at radius 3 is 2.60 bits per heavy atom. The van der Waals surface area contributed by atoms with Gasteiger partial charge in [-0.25, -0.2) is 4.98 Å². The Labute approximate surface area is 122 Å². The van der Waals surface area contributed by atoms with Crippen molar-refractivity contribution in [1.82, 2.24) is 9.55 Å². The van der Waals surface area contributed by atoms with Crippen LogP contribution in [0.2, 0.25) is 0 Å². The molecule has 1 aromatic carbocycles. The van der Waals surface area contributed by atoms with Crippen molar-refractivity contribution in [2.24, 2.45) is 5.73 Å². The van der Waals surface area contributed by atoms with Crippen LogP contribution in [-0.2, 0) is 11.2 Å². The number of primary amides is 1. The van der Waals surface area contributed by atoms with Gasteiger partial charge in [-0.15, -0.1) is 12.4 Å². The first kappa shape index (κ1) is 14.1. The summed E-state index contributed by atoms with van der Waals surface area (Å²) in [6.07, 6.45) is 3.91. The molecule has 0 saturated carbocycles. The molecule has 0 aliphatic heterocycles. The number of halogens is 1. The predicted molar refractivity (Wildman–Crippen MR) is 81.2 cm³/mol. The summed E-state index contributed by atoms with van der Waals surface area (Å²) in [6.45, 7) is 0. The van der Waals surface area contributed by atoms with E-state index in [-0.39, 0.29) is 24.7 Å². The number of fused-ring (bicyclic) bond motifs is 1. The van der Waals surface area contributed by atoms with Gasteiger partial charge in [0.1, 0.15) is 5.82 Å². The molecule has 3 aromatic rings. The molecule has 0 atom stereocenters. The van der Waals surface area contributed by atoms with Crippen LogP contribution >= 0.6 is 12.4 Å². The molecule has 0 radical (unpaired) electrons. The van der Waals surface area contributed by atoms with Gasteiger partial charge in [0.25, 0.3) is 0 Å². The number of aromatic nitrogens is 2. The van der Waals surface area contributed by atoms with Crippen molar-refractivity contribution in [3.63, 3.8) is 0 Å². The van der Waals surface area contributed by atoms with Gasteiger partial charge in [-0.1, -0.05) is 24.3 Å². The van der Waals surface area contributed by atoms with Gasteiger partial charge >= 0.3 is 0 Å². The molecule has 0 saturated heterocycles. The first-order valence-electron chi connectivity index (χ1n) is 6.04. The first-order chi connectivity index (χ1) is 9.25. The number of rotatable bonds is 3. The van der Waals surface area contributed by atoms with E-state index in [0.717, 1.165) is 22.3 Å². The first-order valence-corrected chi connectivity index (χ1v) is 6.04. The molecule has 2 aromatic heterocycles. The summed E-state index contributed by atoms with van der Waals surface area (Å²) in [7, 11) is 0. The number of para-hydroxylation sites is 1. The molecule has 20 heavy (non-hydrogen) atoms. The SMILES string of the molecule is Cl.NC(=O)Cc1cn(-c2ccccn2)c2ccccc12. The lowest BCUT2D eigenvalue weighted by atomic mass is 10.1. The van der Waals surface area contributed by atoms with E-state index in [1.54, 1.807) is 6.20 Å². The largest absolute Gasteiger partial charge is 0.369 e. The van der Waals surface area contributed by atoms with Gasteiger partial charge < -0.3 is 10.3 Å². The van der Waals surface area contributed by atoms with Crippen molar-refractivity contribution in [1.29, 1.82) is 0 Å². The van der Waals surface area contributed by atoms with E-state index >= 15 is 0 Å². The van der Waals surface area contributed by atoms with Crippen molar-refractivity contribution in [2.45, 2.75) is 6.42 Å². The molecule has 0 unspecified atom stereocenters. The molecule has 0 spiro atoms. The number of benzene rings is 1. The predicted octanol–water partition coefficient (Wildman–Crippen LogP) is 2.48. The Hall–Kier alpha value is -2.33. The second-order valence-electron chi connectivity index (χ2n) is 4.37. The zero-order valence-electron chi connectivity index (χ0n) is 10.7. The molecule has 2 heterocycles. The summed E-state index contributed by atoms with van der Waals surface area (Å²) in [5.41, 5.74) is 7.25. The Bertz CT molecular complexity index is 737. The zero-order chi connectivity index (χ0) is 13.2. The van der Waals surface area contributed by atoms with Gasteiger partial charge in [-0.2, -0.15) is 0 Å². The second-order valence-corrected chi connectivity index (χ2v) is 4.37. The van der Waals surface area contributed by atoms with E-state index in [4.69, 9.17) is 5.73 Å². The third-order valence-corrected chi connectivity index (χ3v) is 3.06. The van der Waals surface area contributed by atoms with Crippen molar-refractivity contribution in [3.05, 3.63) is 60.4 Å². The van der Waals surface area contributed by atoms with Gasteiger partial charge in [0.15, 0.2) is 0 Å². The summed E-state index contributed by atoms with van der Waals surface area (Å²) in [5.74, 6) is 0.498. The topological polar surface area (TPSA) is 60.9 Å². The number of pyridine rings is 1. The van der Waals surface area contributed by atoms with E-state index in [2.05, 4.69) is 4.98 Å². The second kappa shape index (κ2) is 5.75. The number of nitrogens with zero attached hydrogens (tertiary/aromatic N) is 2. The fraction of sp³-hybridized carbons (Fsp3) is 0.0667. The number of amides is 1. The van der Waals surface area contributed by atoms with Gasteiger partial charge in [0.2, 0.25) is 5.91 Å². The average molecular weight is 288 g/mol. The highest BCUT2D eigenvalue weighted by molar-refractivity contribution is 5.89. The lowest BCUT2D eigenvalue weighted by Crippen LogP contribution is -2.13. The highest BCUT2D eigenvalue weighted by Gasteiger charge is 2.11. The van der Waals surface area contributed by atoms with Crippen LogP contribution in [-0.4, -0.2) is 15.5 Å². The Kier molecular flexibility index (Phi) is 4.05. The minimum Gasteiger partial charge on any atom is -0.369 e.